The van der Waals surface area contributed by atoms with Crippen molar-refractivity contribution < 1.29 is 4.79 Å². The van der Waals surface area contributed by atoms with Crippen molar-refractivity contribution >= 4 is 29.3 Å². The molecule has 1 rings (SSSR count). The van der Waals surface area contributed by atoms with Gasteiger partial charge in [0.05, 0.1) is 10.6 Å². The van der Waals surface area contributed by atoms with Gasteiger partial charge in [-0.3, -0.25) is 9.78 Å². The number of nitrogens with zero attached hydrogens (tertiary/aromatic N) is 1. The van der Waals surface area contributed by atoms with E-state index in [9.17, 15) is 4.79 Å². The van der Waals surface area contributed by atoms with E-state index in [1.165, 1.54) is 24.8 Å². The summed E-state index contributed by atoms with van der Waals surface area (Å²) >= 11 is 7.79. The van der Waals surface area contributed by atoms with E-state index < -0.39 is 0 Å². The van der Waals surface area contributed by atoms with Gasteiger partial charge in [0.25, 0.3) is 5.91 Å². The molecule has 0 fully saturated rings. The molecule has 0 bridgehead atoms. The topological polar surface area (TPSA) is 42.0 Å². The Bertz CT molecular complexity index is 374. The van der Waals surface area contributed by atoms with E-state index in [1.54, 1.807) is 12.3 Å². The predicted octanol–water partition coefficient (Wildman–Crippen LogP) is 3.39. The van der Waals surface area contributed by atoms with Crippen LogP contribution < -0.4 is 5.32 Å². The molecule has 18 heavy (non-hydrogen) atoms. The fourth-order valence-electron chi connectivity index (χ4n) is 1.57. The van der Waals surface area contributed by atoms with Crippen LogP contribution in [-0.2, 0) is 0 Å². The van der Waals surface area contributed by atoms with E-state index in [-0.39, 0.29) is 5.91 Å². The Labute approximate surface area is 118 Å². The summed E-state index contributed by atoms with van der Waals surface area (Å²) in [4.78, 5) is 15.7. The molecule has 1 N–H and O–H groups in total. The van der Waals surface area contributed by atoms with Gasteiger partial charge >= 0.3 is 0 Å². The Balaban J connectivity index is 2.16. The van der Waals surface area contributed by atoms with Gasteiger partial charge in [-0.1, -0.05) is 24.4 Å². The number of rotatable bonds is 8. The van der Waals surface area contributed by atoms with Crippen molar-refractivity contribution in [2.24, 2.45) is 0 Å². The molecule has 0 spiro atoms. The molecular formula is C13H19ClN2OS. The molecule has 0 aliphatic rings. The normalized spacial score (nSPS) is 10.3. The van der Waals surface area contributed by atoms with E-state index in [0.29, 0.717) is 17.1 Å². The molecule has 0 saturated carbocycles. The highest BCUT2D eigenvalue weighted by molar-refractivity contribution is 7.98. The summed E-state index contributed by atoms with van der Waals surface area (Å²) in [5, 5.41) is 3.31. The first-order valence-corrected chi connectivity index (χ1v) is 7.89. The van der Waals surface area contributed by atoms with Crippen molar-refractivity contribution in [3.05, 3.63) is 29.0 Å². The lowest BCUT2D eigenvalue weighted by atomic mass is 10.2. The number of hydrogen-bond donors (Lipinski definition) is 1. The Morgan fingerprint density at radius 2 is 2.17 bits per heavy atom. The third kappa shape index (κ3) is 5.74. The van der Waals surface area contributed by atoms with Crippen LogP contribution in [0.3, 0.4) is 0 Å². The summed E-state index contributed by atoms with van der Waals surface area (Å²) in [6.45, 7) is 0.698. The molecule has 5 heteroatoms. The first kappa shape index (κ1) is 15.3. The molecule has 1 aromatic rings. The van der Waals surface area contributed by atoms with Crippen LogP contribution in [-0.4, -0.2) is 29.4 Å². The van der Waals surface area contributed by atoms with E-state index in [1.807, 2.05) is 11.8 Å². The fraction of sp³-hybridized carbons (Fsp3) is 0.538. The number of hydrogen-bond acceptors (Lipinski definition) is 3. The molecule has 100 valence electrons. The lowest BCUT2D eigenvalue weighted by Gasteiger charge is -2.06. The SMILES string of the molecule is CSCCCCCCNC(=O)c1cnccc1Cl. The highest BCUT2D eigenvalue weighted by Gasteiger charge is 2.08. The number of thioether (sulfide) groups is 1. The molecule has 1 heterocycles. The van der Waals surface area contributed by atoms with Crippen LogP contribution in [0.2, 0.25) is 5.02 Å². The zero-order valence-corrected chi connectivity index (χ0v) is 12.2. The van der Waals surface area contributed by atoms with Crippen molar-refractivity contribution in [3.63, 3.8) is 0 Å². The molecule has 0 atom stereocenters. The van der Waals surface area contributed by atoms with Crippen LogP contribution in [0, 0.1) is 0 Å². The maximum absolute atomic E-state index is 11.8. The van der Waals surface area contributed by atoms with Crippen LogP contribution in [0.25, 0.3) is 0 Å². The van der Waals surface area contributed by atoms with Crippen LogP contribution in [0.4, 0.5) is 0 Å². The molecule has 1 amide bonds. The first-order valence-electron chi connectivity index (χ1n) is 6.12. The first-order chi connectivity index (χ1) is 8.75. The molecule has 0 radical (unpaired) electrons. The van der Waals surface area contributed by atoms with Gasteiger partial charge in [-0.05, 0) is 30.9 Å². The Kier molecular flexibility index (Phi) is 7.85. The molecule has 0 saturated heterocycles. The lowest BCUT2D eigenvalue weighted by Crippen LogP contribution is -2.24. The number of carbonyl (C=O) groups is 1. The smallest absolute Gasteiger partial charge is 0.254 e. The predicted molar refractivity (Wildman–Crippen MR) is 78.4 cm³/mol. The Morgan fingerprint density at radius 1 is 1.39 bits per heavy atom. The van der Waals surface area contributed by atoms with Crippen LogP contribution in [0.5, 0.6) is 0 Å². The minimum atomic E-state index is -0.141. The average Bonchev–Trinajstić information content (AvgIpc) is 2.38. The van der Waals surface area contributed by atoms with Gasteiger partial charge in [0.15, 0.2) is 0 Å². The van der Waals surface area contributed by atoms with Crippen LogP contribution in [0.1, 0.15) is 36.0 Å². The molecular weight excluding hydrogens is 268 g/mol. The van der Waals surface area contributed by atoms with Crippen molar-refractivity contribution in [2.75, 3.05) is 18.6 Å². The van der Waals surface area contributed by atoms with Crippen molar-refractivity contribution in [1.29, 1.82) is 0 Å². The lowest BCUT2D eigenvalue weighted by molar-refractivity contribution is 0.0952. The zero-order chi connectivity index (χ0) is 13.2. The molecule has 0 aliphatic heterocycles. The fourth-order valence-corrected chi connectivity index (χ4v) is 2.25. The maximum Gasteiger partial charge on any atom is 0.254 e. The number of halogens is 1. The molecule has 0 aromatic carbocycles. The second-order valence-electron chi connectivity index (χ2n) is 4.02. The Morgan fingerprint density at radius 3 is 2.89 bits per heavy atom. The number of aromatic nitrogens is 1. The summed E-state index contributed by atoms with van der Waals surface area (Å²) in [6.07, 6.45) is 9.84. The van der Waals surface area contributed by atoms with Gasteiger partial charge in [-0.25, -0.2) is 0 Å². The summed E-state index contributed by atoms with van der Waals surface area (Å²) in [5.41, 5.74) is 0.446. The third-order valence-electron chi connectivity index (χ3n) is 2.57. The molecule has 3 nitrogen and oxygen atoms in total. The van der Waals surface area contributed by atoms with E-state index in [0.717, 1.165) is 12.8 Å². The summed E-state index contributed by atoms with van der Waals surface area (Å²) in [6, 6.07) is 1.62. The van der Waals surface area contributed by atoms with Gasteiger partial charge in [0.1, 0.15) is 0 Å². The van der Waals surface area contributed by atoms with Crippen molar-refractivity contribution in [3.8, 4) is 0 Å². The number of carbonyl (C=O) groups excluding carboxylic acids is 1. The standard InChI is InChI=1S/C13H19ClN2OS/c1-18-9-5-3-2-4-7-16-13(17)11-10-15-8-6-12(11)14/h6,8,10H,2-5,7,9H2,1H3,(H,16,17). The van der Waals surface area contributed by atoms with Gasteiger partial charge in [-0.15, -0.1) is 0 Å². The van der Waals surface area contributed by atoms with Gasteiger partial charge in [0, 0.05) is 18.9 Å². The Hall–Kier alpha value is -0.740. The van der Waals surface area contributed by atoms with Gasteiger partial charge in [0.2, 0.25) is 0 Å². The van der Waals surface area contributed by atoms with Crippen LogP contribution >= 0.6 is 23.4 Å². The van der Waals surface area contributed by atoms with E-state index in [4.69, 9.17) is 11.6 Å². The van der Waals surface area contributed by atoms with E-state index in [2.05, 4.69) is 16.6 Å². The summed E-state index contributed by atoms with van der Waals surface area (Å²) in [5.74, 6) is 1.08. The number of unbranched alkanes of at least 4 members (excludes halogenated alkanes) is 3. The highest BCUT2D eigenvalue weighted by atomic mass is 35.5. The molecule has 0 aliphatic carbocycles. The summed E-state index contributed by atoms with van der Waals surface area (Å²) < 4.78 is 0. The average molecular weight is 287 g/mol. The number of nitrogens with one attached hydrogen (secondary N) is 1. The van der Waals surface area contributed by atoms with Gasteiger partial charge in [-0.2, -0.15) is 11.8 Å². The maximum atomic E-state index is 11.8. The second-order valence-corrected chi connectivity index (χ2v) is 5.41. The number of pyridine rings is 1. The van der Waals surface area contributed by atoms with Crippen molar-refractivity contribution in [2.45, 2.75) is 25.7 Å². The second kappa shape index (κ2) is 9.22. The highest BCUT2D eigenvalue weighted by Crippen LogP contribution is 2.13. The zero-order valence-electron chi connectivity index (χ0n) is 10.6. The minimum absolute atomic E-state index is 0.141. The quantitative estimate of drug-likeness (QED) is 0.745. The van der Waals surface area contributed by atoms with Crippen LogP contribution in [0.15, 0.2) is 18.5 Å². The molecule has 1 aromatic heterocycles. The minimum Gasteiger partial charge on any atom is -0.352 e. The monoisotopic (exact) mass is 286 g/mol. The third-order valence-corrected chi connectivity index (χ3v) is 3.60. The number of amides is 1. The molecule has 0 unspecified atom stereocenters. The largest absolute Gasteiger partial charge is 0.352 e. The van der Waals surface area contributed by atoms with Crippen molar-refractivity contribution in [1.82, 2.24) is 10.3 Å². The van der Waals surface area contributed by atoms with E-state index >= 15 is 0 Å². The summed E-state index contributed by atoms with van der Waals surface area (Å²) in [7, 11) is 0. The van der Waals surface area contributed by atoms with Gasteiger partial charge < -0.3 is 5.32 Å².